The average molecular weight is 524 g/mol. The lowest BCUT2D eigenvalue weighted by Crippen LogP contribution is -2.44. The van der Waals surface area contributed by atoms with Gasteiger partial charge in [0.15, 0.2) is 5.82 Å². The van der Waals surface area contributed by atoms with Gasteiger partial charge in [0.05, 0.1) is 10.7 Å². The van der Waals surface area contributed by atoms with Crippen molar-refractivity contribution in [3.63, 3.8) is 0 Å². The molecule has 1 fully saturated rings. The number of anilines is 1. The van der Waals surface area contributed by atoms with E-state index in [2.05, 4.69) is 15.1 Å². The molecule has 4 rings (SSSR count). The summed E-state index contributed by atoms with van der Waals surface area (Å²) in [4.78, 5) is 31.7. The van der Waals surface area contributed by atoms with Crippen molar-refractivity contribution in [2.75, 3.05) is 44.2 Å². The van der Waals surface area contributed by atoms with Crippen LogP contribution in [0, 0.1) is 5.82 Å². The first-order valence-electron chi connectivity index (χ1n) is 12.6. The monoisotopic (exact) mass is 523 g/mol. The summed E-state index contributed by atoms with van der Waals surface area (Å²) >= 11 is 6.28. The summed E-state index contributed by atoms with van der Waals surface area (Å²) in [5, 5.41) is 9.39. The summed E-state index contributed by atoms with van der Waals surface area (Å²) < 4.78 is 13.7. The standard InChI is InChI=1S/C28H31ClFN5O2/c1-2-3-14-35(28(37)21-8-6-9-22(30)19-21)20-27(36)34-16-7-15-33(17-18-34)26-13-12-25(31-32-26)23-10-4-5-11-24(23)29/h4-6,8-13,19H,2-3,7,14-18,20H2,1H3. The fourth-order valence-electron chi connectivity index (χ4n) is 4.37. The van der Waals surface area contributed by atoms with Gasteiger partial charge in [-0.3, -0.25) is 9.59 Å². The van der Waals surface area contributed by atoms with E-state index in [0.717, 1.165) is 37.2 Å². The van der Waals surface area contributed by atoms with Crippen molar-refractivity contribution in [3.05, 3.63) is 77.1 Å². The second-order valence-electron chi connectivity index (χ2n) is 9.07. The van der Waals surface area contributed by atoms with E-state index in [1.165, 1.54) is 23.1 Å². The zero-order valence-corrected chi connectivity index (χ0v) is 21.7. The van der Waals surface area contributed by atoms with Crippen LogP contribution in [0.2, 0.25) is 5.02 Å². The van der Waals surface area contributed by atoms with Crippen LogP contribution in [-0.4, -0.2) is 71.1 Å². The molecule has 0 radical (unpaired) electrons. The van der Waals surface area contributed by atoms with Crippen molar-refractivity contribution < 1.29 is 14.0 Å². The van der Waals surface area contributed by atoms with Crippen LogP contribution in [0.5, 0.6) is 0 Å². The molecule has 1 aliphatic heterocycles. The highest BCUT2D eigenvalue weighted by atomic mass is 35.5. The number of carbonyl (C=O) groups excluding carboxylic acids is 2. The van der Waals surface area contributed by atoms with Gasteiger partial charge in [0.2, 0.25) is 5.91 Å². The van der Waals surface area contributed by atoms with Crippen LogP contribution in [0.15, 0.2) is 60.7 Å². The highest BCUT2D eigenvalue weighted by molar-refractivity contribution is 6.33. The maximum absolute atomic E-state index is 13.7. The van der Waals surface area contributed by atoms with E-state index in [-0.39, 0.29) is 23.9 Å². The van der Waals surface area contributed by atoms with Crippen LogP contribution >= 0.6 is 11.6 Å². The van der Waals surface area contributed by atoms with Crippen molar-refractivity contribution in [1.82, 2.24) is 20.0 Å². The lowest BCUT2D eigenvalue weighted by Gasteiger charge is -2.27. The molecule has 0 bridgehead atoms. The minimum Gasteiger partial charge on any atom is -0.353 e. The van der Waals surface area contributed by atoms with Gasteiger partial charge in [0.25, 0.3) is 5.91 Å². The Bertz CT molecular complexity index is 1220. The molecule has 7 nitrogen and oxygen atoms in total. The number of benzene rings is 2. The number of halogens is 2. The Balaban J connectivity index is 1.38. The van der Waals surface area contributed by atoms with Crippen LogP contribution in [-0.2, 0) is 4.79 Å². The Kier molecular flexibility index (Phi) is 9.06. The first-order valence-corrected chi connectivity index (χ1v) is 13.0. The lowest BCUT2D eigenvalue weighted by atomic mass is 10.1. The number of amides is 2. The predicted octanol–water partition coefficient (Wildman–Crippen LogP) is 4.92. The molecule has 0 unspecified atom stereocenters. The van der Waals surface area contributed by atoms with Gasteiger partial charge < -0.3 is 14.7 Å². The summed E-state index contributed by atoms with van der Waals surface area (Å²) in [6.07, 6.45) is 2.42. The second-order valence-corrected chi connectivity index (χ2v) is 9.48. The molecule has 0 aliphatic carbocycles. The number of nitrogens with zero attached hydrogens (tertiary/aromatic N) is 5. The minimum atomic E-state index is -0.469. The quantitative estimate of drug-likeness (QED) is 0.419. The van der Waals surface area contributed by atoms with Crippen molar-refractivity contribution >= 4 is 29.2 Å². The third-order valence-electron chi connectivity index (χ3n) is 6.44. The number of hydrogen-bond donors (Lipinski definition) is 0. The van der Waals surface area contributed by atoms with Gasteiger partial charge in [-0.25, -0.2) is 4.39 Å². The number of hydrogen-bond acceptors (Lipinski definition) is 5. The molecule has 0 spiro atoms. The van der Waals surface area contributed by atoms with Crippen LogP contribution in [0.3, 0.4) is 0 Å². The molecule has 3 aromatic rings. The molecule has 1 aromatic heterocycles. The molecule has 1 saturated heterocycles. The molecule has 2 amide bonds. The fraction of sp³-hybridized carbons (Fsp3) is 0.357. The molecule has 2 heterocycles. The minimum absolute atomic E-state index is 0.0261. The van der Waals surface area contributed by atoms with Gasteiger partial charge in [-0.1, -0.05) is 49.2 Å². The molecule has 0 N–H and O–H groups in total. The van der Waals surface area contributed by atoms with Crippen LogP contribution in [0.25, 0.3) is 11.3 Å². The molecular weight excluding hydrogens is 493 g/mol. The third kappa shape index (κ3) is 6.83. The Morgan fingerprint density at radius 1 is 1.00 bits per heavy atom. The lowest BCUT2D eigenvalue weighted by molar-refractivity contribution is -0.131. The van der Waals surface area contributed by atoms with Crippen LogP contribution in [0.4, 0.5) is 10.2 Å². The zero-order valence-electron chi connectivity index (χ0n) is 20.9. The van der Waals surface area contributed by atoms with Gasteiger partial charge in [0.1, 0.15) is 12.4 Å². The number of carbonyl (C=O) groups is 2. The summed E-state index contributed by atoms with van der Waals surface area (Å²) in [6.45, 7) is 4.91. The molecule has 37 heavy (non-hydrogen) atoms. The molecule has 0 atom stereocenters. The van der Waals surface area contributed by atoms with Gasteiger partial charge >= 0.3 is 0 Å². The molecule has 194 valence electrons. The predicted molar refractivity (Wildman–Crippen MR) is 143 cm³/mol. The van der Waals surface area contributed by atoms with E-state index in [9.17, 15) is 14.0 Å². The van der Waals surface area contributed by atoms with E-state index in [0.29, 0.717) is 36.9 Å². The van der Waals surface area contributed by atoms with E-state index in [1.807, 2.05) is 43.3 Å². The SMILES string of the molecule is CCCCN(CC(=O)N1CCCN(c2ccc(-c3ccccc3Cl)nn2)CC1)C(=O)c1cccc(F)c1. The Hall–Kier alpha value is -3.52. The normalized spacial score (nSPS) is 13.8. The smallest absolute Gasteiger partial charge is 0.254 e. The average Bonchev–Trinajstić information content (AvgIpc) is 3.17. The topological polar surface area (TPSA) is 69.6 Å². The van der Waals surface area contributed by atoms with E-state index >= 15 is 0 Å². The highest BCUT2D eigenvalue weighted by Gasteiger charge is 2.25. The maximum Gasteiger partial charge on any atom is 0.254 e. The van der Waals surface area contributed by atoms with Gasteiger partial charge in [-0.2, -0.15) is 0 Å². The van der Waals surface area contributed by atoms with Crippen molar-refractivity contribution in [1.29, 1.82) is 0 Å². The Morgan fingerprint density at radius 3 is 2.57 bits per heavy atom. The zero-order chi connectivity index (χ0) is 26.2. The van der Waals surface area contributed by atoms with Crippen molar-refractivity contribution in [2.45, 2.75) is 26.2 Å². The van der Waals surface area contributed by atoms with Gasteiger partial charge in [-0.05, 0) is 49.2 Å². The van der Waals surface area contributed by atoms with Crippen molar-refractivity contribution in [2.24, 2.45) is 0 Å². The number of rotatable bonds is 8. The Morgan fingerprint density at radius 2 is 1.84 bits per heavy atom. The summed E-state index contributed by atoms with van der Waals surface area (Å²) in [5.74, 6) is -0.159. The van der Waals surface area contributed by atoms with Crippen molar-refractivity contribution in [3.8, 4) is 11.3 Å². The van der Waals surface area contributed by atoms with E-state index in [1.54, 1.807) is 11.0 Å². The maximum atomic E-state index is 13.7. The molecule has 2 aromatic carbocycles. The Labute approximate surface area is 221 Å². The third-order valence-corrected chi connectivity index (χ3v) is 6.77. The second kappa shape index (κ2) is 12.6. The van der Waals surface area contributed by atoms with E-state index < -0.39 is 5.82 Å². The van der Waals surface area contributed by atoms with Gasteiger partial charge in [-0.15, -0.1) is 10.2 Å². The first kappa shape index (κ1) is 26.5. The molecular formula is C28H31ClFN5O2. The fourth-order valence-corrected chi connectivity index (χ4v) is 4.60. The summed E-state index contributed by atoms with van der Waals surface area (Å²) in [7, 11) is 0. The largest absolute Gasteiger partial charge is 0.353 e. The van der Waals surface area contributed by atoms with E-state index in [4.69, 9.17) is 11.6 Å². The molecule has 9 heteroatoms. The highest BCUT2D eigenvalue weighted by Crippen LogP contribution is 2.26. The number of unbranched alkanes of at least 4 members (excludes halogenated alkanes) is 1. The van der Waals surface area contributed by atoms with Crippen LogP contribution < -0.4 is 4.90 Å². The first-order chi connectivity index (χ1) is 18.0. The molecule has 1 aliphatic rings. The summed E-state index contributed by atoms with van der Waals surface area (Å²) in [6, 6.07) is 16.9. The molecule has 0 saturated carbocycles. The van der Waals surface area contributed by atoms with Gasteiger partial charge in [0, 0.05) is 43.9 Å². The van der Waals surface area contributed by atoms with Crippen LogP contribution in [0.1, 0.15) is 36.5 Å². The summed E-state index contributed by atoms with van der Waals surface area (Å²) in [5.41, 5.74) is 1.79. The number of aromatic nitrogens is 2.